The van der Waals surface area contributed by atoms with Crippen molar-refractivity contribution < 1.29 is 4.79 Å². The molecule has 2 amide bonds. The zero-order valence-corrected chi connectivity index (χ0v) is 9.17. The summed E-state index contributed by atoms with van der Waals surface area (Å²) in [5.41, 5.74) is 2.92. The molecule has 1 aliphatic rings. The van der Waals surface area contributed by atoms with E-state index in [1.165, 1.54) is 4.88 Å². The number of hydrogen-bond donors (Lipinski definition) is 0. The highest BCUT2D eigenvalue weighted by molar-refractivity contribution is 7.09. The summed E-state index contributed by atoms with van der Waals surface area (Å²) in [5, 5.41) is 0. The van der Waals surface area contributed by atoms with Gasteiger partial charge in [0.05, 0.1) is 17.7 Å². The molecule has 1 aliphatic heterocycles. The van der Waals surface area contributed by atoms with E-state index in [-0.39, 0.29) is 6.03 Å². The van der Waals surface area contributed by atoms with Crippen molar-refractivity contribution in [2.24, 2.45) is 0 Å². The predicted molar refractivity (Wildman–Crippen MR) is 55.3 cm³/mol. The third-order valence-corrected chi connectivity index (χ3v) is 3.26. The number of amides is 2. The molecule has 0 N–H and O–H groups in total. The molecule has 2 rings (SSSR count). The van der Waals surface area contributed by atoms with E-state index in [0.29, 0.717) is 6.54 Å². The Morgan fingerprint density at radius 2 is 2.43 bits per heavy atom. The number of nitrogens with zero attached hydrogens (tertiary/aromatic N) is 3. The molecule has 1 aromatic rings. The molecule has 0 aliphatic carbocycles. The molecule has 76 valence electrons. The second-order valence-corrected chi connectivity index (χ2v) is 4.51. The Kier molecular flexibility index (Phi) is 2.41. The van der Waals surface area contributed by atoms with E-state index in [9.17, 15) is 4.79 Å². The Labute approximate surface area is 87.2 Å². The lowest BCUT2D eigenvalue weighted by molar-refractivity contribution is 0.165. The maximum absolute atomic E-state index is 11.7. The van der Waals surface area contributed by atoms with Crippen LogP contribution in [0.4, 0.5) is 4.79 Å². The molecule has 0 unspecified atom stereocenters. The Bertz CT molecular complexity index is 348. The fraction of sp³-hybridized carbons (Fsp3) is 0.556. The Morgan fingerprint density at radius 1 is 1.64 bits per heavy atom. The van der Waals surface area contributed by atoms with E-state index in [2.05, 4.69) is 4.98 Å². The van der Waals surface area contributed by atoms with Gasteiger partial charge in [-0.1, -0.05) is 0 Å². The van der Waals surface area contributed by atoms with Crippen molar-refractivity contribution in [3.05, 3.63) is 16.1 Å². The Morgan fingerprint density at radius 3 is 3.14 bits per heavy atom. The zero-order chi connectivity index (χ0) is 10.1. The molecule has 5 heteroatoms. The number of fused-ring (bicyclic) bond motifs is 1. The van der Waals surface area contributed by atoms with Crippen LogP contribution in [0.1, 0.15) is 10.6 Å². The van der Waals surface area contributed by atoms with Crippen LogP contribution >= 0.6 is 11.3 Å². The summed E-state index contributed by atoms with van der Waals surface area (Å²) in [7, 11) is 3.55. The van der Waals surface area contributed by atoms with Gasteiger partial charge < -0.3 is 9.80 Å². The minimum Gasteiger partial charge on any atom is -0.331 e. The first kappa shape index (κ1) is 9.45. The molecule has 0 atom stereocenters. The second kappa shape index (κ2) is 3.57. The summed E-state index contributed by atoms with van der Waals surface area (Å²) in [4.78, 5) is 20.7. The van der Waals surface area contributed by atoms with E-state index >= 15 is 0 Å². The molecule has 2 heterocycles. The average molecular weight is 211 g/mol. The largest absolute Gasteiger partial charge is 0.331 e. The molecule has 14 heavy (non-hydrogen) atoms. The standard InChI is InChI=1S/C9H13N3OS/c1-11(2)9(13)12-4-3-8-7(5-12)10-6-14-8/h6H,3-5H2,1-2H3. The van der Waals surface area contributed by atoms with E-state index in [0.717, 1.165) is 18.7 Å². The molecule has 0 saturated carbocycles. The fourth-order valence-corrected chi connectivity index (χ4v) is 2.34. The summed E-state index contributed by atoms with van der Waals surface area (Å²) >= 11 is 1.68. The molecular formula is C9H13N3OS. The van der Waals surface area contributed by atoms with Crippen molar-refractivity contribution in [3.8, 4) is 0 Å². The van der Waals surface area contributed by atoms with Gasteiger partial charge in [-0.25, -0.2) is 9.78 Å². The van der Waals surface area contributed by atoms with Gasteiger partial charge in [-0.2, -0.15) is 0 Å². The van der Waals surface area contributed by atoms with Gasteiger partial charge in [0.1, 0.15) is 0 Å². The third kappa shape index (κ3) is 1.59. The fourth-order valence-electron chi connectivity index (χ4n) is 1.57. The van der Waals surface area contributed by atoms with Crippen LogP contribution in [0, 0.1) is 0 Å². The van der Waals surface area contributed by atoms with E-state index in [1.54, 1.807) is 30.3 Å². The monoisotopic (exact) mass is 211 g/mol. The summed E-state index contributed by atoms with van der Waals surface area (Å²) in [6.07, 6.45) is 0.944. The quantitative estimate of drug-likeness (QED) is 0.646. The van der Waals surface area contributed by atoms with Crippen molar-refractivity contribution in [1.29, 1.82) is 0 Å². The molecule has 0 spiro atoms. The van der Waals surface area contributed by atoms with Gasteiger partial charge in [0.15, 0.2) is 0 Å². The maximum atomic E-state index is 11.7. The van der Waals surface area contributed by atoms with Gasteiger partial charge in [0, 0.05) is 31.9 Å². The number of urea groups is 1. The van der Waals surface area contributed by atoms with Crippen LogP contribution in [0.15, 0.2) is 5.51 Å². The van der Waals surface area contributed by atoms with Crippen LogP contribution in [0.2, 0.25) is 0 Å². The number of thiazole rings is 1. The second-order valence-electron chi connectivity index (χ2n) is 3.57. The van der Waals surface area contributed by atoms with Crippen LogP contribution in [0.3, 0.4) is 0 Å². The highest BCUT2D eigenvalue weighted by atomic mass is 32.1. The summed E-state index contributed by atoms with van der Waals surface area (Å²) in [6.45, 7) is 1.47. The van der Waals surface area contributed by atoms with Crippen LogP contribution in [0.25, 0.3) is 0 Å². The van der Waals surface area contributed by atoms with E-state index in [4.69, 9.17) is 0 Å². The number of carbonyl (C=O) groups is 1. The van der Waals surface area contributed by atoms with Gasteiger partial charge in [-0.3, -0.25) is 0 Å². The van der Waals surface area contributed by atoms with Crippen LogP contribution in [0.5, 0.6) is 0 Å². The van der Waals surface area contributed by atoms with Crippen molar-refractivity contribution in [3.63, 3.8) is 0 Å². The maximum Gasteiger partial charge on any atom is 0.319 e. The number of aromatic nitrogens is 1. The molecule has 0 fully saturated rings. The van der Waals surface area contributed by atoms with E-state index in [1.807, 2.05) is 10.4 Å². The first-order valence-electron chi connectivity index (χ1n) is 4.56. The molecule has 4 nitrogen and oxygen atoms in total. The minimum atomic E-state index is 0.0728. The smallest absolute Gasteiger partial charge is 0.319 e. The van der Waals surface area contributed by atoms with Crippen LogP contribution in [-0.2, 0) is 13.0 Å². The number of hydrogen-bond acceptors (Lipinski definition) is 3. The molecule has 1 aromatic heterocycles. The topological polar surface area (TPSA) is 36.4 Å². The summed E-state index contributed by atoms with van der Waals surface area (Å²) in [5.74, 6) is 0. The SMILES string of the molecule is CN(C)C(=O)N1CCc2scnc2C1. The minimum absolute atomic E-state index is 0.0728. The molecule has 0 bridgehead atoms. The lowest BCUT2D eigenvalue weighted by Crippen LogP contribution is -2.41. The third-order valence-electron chi connectivity index (χ3n) is 2.33. The van der Waals surface area contributed by atoms with E-state index < -0.39 is 0 Å². The first-order valence-corrected chi connectivity index (χ1v) is 5.44. The van der Waals surface area contributed by atoms with Gasteiger partial charge in [0.2, 0.25) is 0 Å². The lowest BCUT2D eigenvalue weighted by atomic mass is 10.2. The normalized spacial score (nSPS) is 15.1. The molecular weight excluding hydrogens is 198 g/mol. The number of carbonyl (C=O) groups excluding carboxylic acids is 1. The zero-order valence-electron chi connectivity index (χ0n) is 8.36. The predicted octanol–water partition coefficient (Wildman–Crippen LogP) is 1.18. The van der Waals surface area contributed by atoms with Crippen molar-refractivity contribution in [1.82, 2.24) is 14.8 Å². The molecule has 0 aromatic carbocycles. The summed E-state index contributed by atoms with van der Waals surface area (Å²) < 4.78 is 0. The Hall–Kier alpha value is -1.10. The van der Waals surface area contributed by atoms with Crippen molar-refractivity contribution >= 4 is 17.4 Å². The highest BCUT2D eigenvalue weighted by Gasteiger charge is 2.23. The highest BCUT2D eigenvalue weighted by Crippen LogP contribution is 2.21. The van der Waals surface area contributed by atoms with Crippen LogP contribution < -0.4 is 0 Å². The van der Waals surface area contributed by atoms with Gasteiger partial charge in [0.25, 0.3) is 0 Å². The Balaban J connectivity index is 2.11. The van der Waals surface area contributed by atoms with Crippen LogP contribution in [-0.4, -0.2) is 41.5 Å². The van der Waals surface area contributed by atoms with Gasteiger partial charge >= 0.3 is 6.03 Å². The molecule has 0 saturated heterocycles. The molecule has 0 radical (unpaired) electrons. The first-order chi connectivity index (χ1) is 6.68. The lowest BCUT2D eigenvalue weighted by Gasteiger charge is -2.28. The summed E-state index contributed by atoms with van der Waals surface area (Å²) in [6, 6.07) is 0.0728. The van der Waals surface area contributed by atoms with Gasteiger partial charge in [-0.15, -0.1) is 11.3 Å². The van der Waals surface area contributed by atoms with Gasteiger partial charge in [-0.05, 0) is 0 Å². The average Bonchev–Trinajstić information content (AvgIpc) is 2.62. The van der Waals surface area contributed by atoms with Crippen molar-refractivity contribution in [2.75, 3.05) is 20.6 Å². The van der Waals surface area contributed by atoms with Crippen molar-refractivity contribution in [2.45, 2.75) is 13.0 Å². The number of rotatable bonds is 0.